The Morgan fingerprint density at radius 2 is 1.96 bits per heavy atom. The van der Waals surface area contributed by atoms with Gasteiger partial charge in [-0.2, -0.15) is 0 Å². The smallest absolute Gasteiger partial charge is 0.258 e. The van der Waals surface area contributed by atoms with Gasteiger partial charge in [0.2, 0.25) is 5.88 Å². The summed E-state index contributed by atoms with van der Waals surface area (Å²) in [7, 11) is 1.51. The van der Waals surface area contributed by atoms with Crippen molar-refractivity contribution in [1.29, 1.82) is 0 Å². The number of aromatic nitrogens is 2. The third-order valence-electron chi connectivity index (χ3n) is 5.44. The van der Waals surface area contributed by atoms with Crippen molar-refractivity contribution in [2.24, 2.45) is 5.73 Å². The highest BCUT2D eigenvalue weighted by molar-refractivity contribution is 6.00. The van der Waals surface area contributed by atoms with Crippen molar-refractivity contribution in [1.82, 2.24) is 20.0 Å². The summed E-state index contributed by atoms with van der Waals surface area (Å²) < 4.78 is 7.14. The number of nitrogens with zero attached hydrogens (tertiary/aromatic N) is 4. The summed E-state index contributed by atoms with van der Waals surface area (Å²) >= 11 is 0. The Hall–Kier alpha value is -2.58. The van der Waals surface area contributed by atoms with Gasteiger partial charge in [0.25, 0.3) is 5.91 Å². The molecule has 1 aromatic heterocycles. The molecule has 0 spiro atoms. The van der Waals surface area contributed by atoms with Crippen molar-refractivity contribution < 1.29 is 9.53 Å². The maximum absolute atomic E-state index is 12.2. The van der Waals surface area contributed by atoms with E-state index in [1.165, 1.54) is 7.11 Å². The number of hydrogen-bond donors (Lipinski definition) is 2. The quantitative estimate of drug-likeness (QED) is 0.810. The van der Waals surface area contributed by atoms with Crippen molar-refractivity contribution in [3.8, 4) is 11.6 Å². The topological polar surface area (TPSA) is 88.7 Å². The molecule has 2 aliphatic rings. The van der Waals surface area contributed by atoms with Crippen LogP contribution in [-0.2, 0) is 0 Å². The highest BCUT2D eigenvalue weighted by Crippen LogP contribution is 2.33. The number of amides is 1. The zero-order valence-electron chi connectivity index (χ0n) is 15.6. The van der Waals surface area contributed by atoms with Gasteiger partial charge in [0, 0.05) is 38.9 Å². The first-order chi connectivity index (χ1) is 13.2. The highest BCUT2D eigenvalue weighted by atomic mass is 16.5. The Balaban J connectivity index is 1.66. The molecule has 4 rings (SSSR count). The van der Waals surface area contributed by atoms with Crippen molar-refractivity contribution in [3.63, 3.8) is 0 Å². The second-order valence-corrected chi connectivity index (χ2v) is 7.01. The van der Waals surface area contributed by atoms with Gasteiger partial charge in [-0.25, -0.2) is 4.68 Å². The van der Waals surface area contributed by atoms with Gasteiger partial charge in [0.1, 0.15) is 11.4 Å². The lowest BCUT2D eigenvalue weighted by molar-refractivity contribution is 0.0997. The molecule has 0 radical (unpaired) electrons. The van der Waals surface area contributed by atoms with Crippen molar-refractivity contribution in [2.45, 2.75) is 18.9 Å². The van der Waals surface area contributed by atoms with Crippen LogP contribution in [0.2, 0.25) is 0 Å². The number of carbonyl (C=O) groups excluding carboxylic acids is 1. The largest absolute Gasteiger partial charge is 0.479 e. The standard InChI is InChI=1S/C19H26N6O2/c1-27-18-16(17(20)26)19(25(22-18)15-5-3-2-4-6-15)23-10-7-14(8-11-23)24-12-9-21-13-24/h2-6,14,21H,7-13H2,1H3,(H2,20,26). The molecule has 2 saturated heterocycles. The van der Waals surface area contributed by atoms with Gasteiger partial charge < -0.3 is 20.7 Å². The highest BCUT2D eigenvalue weighted by Gasteiger charge is 2.32. The Morgan fingerprint density at radius 1 is 1.22 bits per heavy atom. The first-order valence-corrected chi connectivity index (χ1v) is 9.41. The molecular formula is C19H26N6O2. The molecule has 2 aliphatic heterocycles. The summed E-state index contributed by atoms with van der Waals surface area (Å²) in [6, 6.07) is 10.3. The minimum absolute atomic E-state index is 0.271. The number of benzene rings is 1. The molecule has 0 aliphatic carbocycles. The van der Waals surface area contributed by atoms with Crippen LogP contribution < -0.4 is 20.7 Å². The Labute approximate surface area is 158 Å². The van der Waals surface area contributed by atoms with E-state index < -0.39 is 5.91 Å². The molecule has 0 unspecified atom stereocenters. The fourth-order valence-electron chi connectivity index (χ4n) is 4.07. The molecule has 8 nitrogen and oxygen atoms in total. The molecule has 8 heteroatoms. The number of ether oxygens (including phenoxy) is 1. The van der Waals surface area contributed by atoms with Crippen LogP contribution >= 0.6 is 0 Å². The summed E-state index contributed by atoms with van der Waals surface area (Å²) in [5, 5.41) is 7.92. The summed E-state index contributed by atoms with van der Waals surface area (Å²) in [5.41, 5.74) is 6.93. The molecule has 0 saturated carbocycles. The minimum atomic E-state index is -0.519. The molecule has 27 heavy (non-hydrogen) atoms. The Bertz CT molecular complexity index is 792. The number of piperidine rings is 1. The molecule has 1 amide bonds. The minimum Gasteiger partial charge on any atom is -0.479 e. The van der Waals surface area contributed by atoms with E-state index in [2.05, 4.69) is 20.2 Å². The number of hydrogen-bond acceptors (Lipinski definition) is 6. The lowest BCUT2D eigenvalue weighted by Gasteiger charge is -2.37. The van der Waals surface area contributed by atoms with Crippen LogP contribution in [0.1, 0.15) is 23.2 Å². The molecule has 0 atom stereocenters. The average Bonchev–Trinajstić information content (AvgIpc) is 3.36. The SMILES string of the molecule is COc1nn(-c2ccccc2)c(N2CCC(N3CCNC3)CC2)c1C(N)=O. The van der Waals surface area contributed by atoms with Gasteiger partial charge in [0.15, 0.2) is 0 Å². The number of rotatable bonds is 5. The van der Waals surface area contributed by atoms with Gasteiger partial charge >= 0.3 is 0 Å². The molecule has 1 aromatic carbocycles. The molecule has 144 valence electrons. The molecule has 2 aromatic rings. The number of anilines is 1. The third-order valence-corrected chi connectivity index (χ3v) is 5.44. The van der Waals surface area contributed by atoms with Gasteiger partial charge in [-0.15, -0.1) is 5.10 Å². The molecular weight excluding hydrogens is 344 g/mol. The maximum atomic E-state index is 12.2. The number of nitrogens with two attached hydrogens (primary N) is 1. The second kappa shape index (κ2) is 7.58. The van der Waals surface area contributed by atoms with E-state index in [9.17, 15) is 4.79 Å². The predicted octanol–water partition coefficient (Wildman–Crippen LogP) is 0.811. The summed E-state index contributed by atoms with van der Waals surface area (Å²) in [4.78, 5) is 16.9. The zero-order chi connectivity index (χ0) is 18.8. The predicted molar refractivity (Wildman–Crippen MR) is 103 cm³/mol. The lowest BCUT2D eigenvalue weighted by Crippen LogP contribution is -2.45. The van der Waals surface area contributed by atoms with Crippen LogP contribution in [0, 0.1) is 0 Å². The van der Waals surface area contributed by atoms with Gasteiger partial charge in [-0.3, -0.25) is 9.69 Å². The zero-order valence-corrected chi connectivity index (χ0v) is 15.6. The van der Waals surface area contributed by atoms with Crippen LogP contribution in [-0.4, -0.2) is 66.6 Å². The van der Waals surface area contributed by atoms with Crippen molar-refractivity contribution in [3.05, 3.63) is 35.9 Å². The van der Waals surface area contributed by atoms with Crippen LogP contribution in [0.4, 0.5) is 5.82 Å². The van der Waals surface area contributed by atoms with Crippen LogP contribution in [0.3, 0.4) is 0 Å². The van der Waals surface area contributed by atoms with Crippen LogP contribution in [0.25, 0.3) is 5.69 Å². The van der Waals surface area contributed by atoms with E-state index >= 15 is 0 Å². The van der Waals surface area contributed by atoms with Crippen LogP contribution in [0.15, 0.2) is 30.3 Å². The number of nitrogens with one attached hydrogen (secondary N) is 1. The first-order valence-electron chi connectivity index (χ1n) is 9.41. The number of carbonyl (C=O) groups is 1. The number of methoxy groups -OCH3 is 1. The fourth-order valence-corrected chi connectivity index (χ4v) is 4.07. The molecule has 3 N–H and O–H groups in total. The monoisotopic (exact) mass is 370 g/mol. The van der Waals surface area contributed by atoms with E-state index in [0.717, 1.165) is 57.2 Å². The maximum Gasteiger partial charge on any atom is 0.258 e. The normalized spacial score (nSPS) is 18.8. The van der Waals surface area contributed by atoms with E-state index in [4.69, 9.17) is 10.5 Å². The second-order valence-electron chi connectivity index (χ2n) is 7.01. The molecule has 3 heterocycles. The fraction of sp³-hybridized carbons (Fsp3) is 0.474. The number of primary amides is 1. The third kappa shape index (κ3) is 3.38. The van der Waals surface area contributed by atoms with E-state index in [0.29, 0.717) is 11.6 Å². The van der Waals surface area contributed by atoms with Crippen molar-refractivity contribution in [2.75, 3.05) is 44.9 Å². The van der Waals surface area contributed by atoms with E-state index in [-0.39, 0.29) is 5.88 Å². The average molecular weight is 370 g/mol. The van der Waals surface area contributed by atoms with Gasteiger partial charge in [0.05, 0.1) is 12.8 Å². The van der Waals surface area contributed by atoms with Gasteiger partial charge in [-0.05, 0) is 25.0 Å². The molecule has 0 bridgehead atoms. The van der Waals surface area contributed by atoms with Crippen LogP contribution in [0.5, 0.6) is 5.88 Å². The number of para-hydroxylation sites is 1. The Kier molecular flexibility index (Phi) is 5.00. The van der Waals surface area contributed by atoms with Gasteiger partial charge in [-0.1, -0.05) is 18.2 Å². The van der Waals surface area contributed by atoms with E-state index in [1.807, 2.05) is 30.3 Å². The summed E-state index contributed by atoms with van der Waals surface area (Å²) in [6.45, 7) is 4.83. The summed E-state index contributed by atoms with van der Waals surface area (Å²) in [5.74, 6) is 0.477. The molecule has 2 fully saturated rings. The van der Waals surface area contributed by atoms with Crippen molar-refractivity contribution >= 4 is 11.7 Å². The Morgan fingerprint density at radius 3 is 2.56 bits per heavy atom. The first kappa shape index (κ1) is 17.8. The van der Waals surface area contributed by atoms with E-state index in [1.54, 1.807) is 4.68 Å². The summed E-state index contributed by atoms with van der Waals surface area (Å²) in [6.07, 6.45) is 2.09. The lowest BCUT2D eigenvalue weighted by atomic mass is 10.0.